The van der Waals surface area contributed by atoms with Crippen LogP contribution in [0.5, 0.6) is 0 Å². The normalized spacial score (nSPS) is 12.2. The monoisotopic (exact) mass is 478 g/mol. The number of rotatable bonds is 10. The van der Waals surface area contributed by atoms with Gasteiger partial charge in [-0.15, -0.1) is 0 Å². The van der Waals surface area contributed by atoms with Crippen LogP contribution in [0.1, 0.15) is 51.4 Å². The molecule has 0 saturated heterocycles. The number of aryl methyl sites for hydroxylation is 1. The van der Waals surface area contributed by atoms with Crippen molar-refractivity contribution in [2.24, 2.45) is 5.92 Å². The molecule has 0 aliphatic carbocycles. The maximum Gasteiger partial charge on any atom is 0.318 e. The number of methoxy groups -OCH3 is 1. The number of urea groups is 1. The van der Waals surface area contributed by atoms with Crippen molar-refractivity contribution in [3.8, 4) is 0 Å². The number of nitrogens with one attached hydrogen (secondary N) is 1. The Morgan fingerprint density at radius 2 is 1.85 bits per heavy atom. The lowest BCUT2D eigenvalue weighted by atomic mass is 10.1. The van der Waals surface area contributed by atoms with Crippen molar-refractivity contribution in [1.29, 1.82) is 0 Å². The van der Waals surface area contributed by atoms with Crippen molar-refractivity contribution in [3.63, 3.8) is 0 Å². The van der Waals surface area contributed by atoms with E-state index in [1.54, 1.807) is 22.8 Å². The zero-order valence-corrected chi connectivity index (χ0v) is 21.7. The Morgan fingerprint density at radius 3 is 2.39 bits per heavy atom. The van der Waals surface area contributed by atoms with E-state index in [2.05, 4.69) is 10.3 Å². The Morgan fingerprint density at radius 1 is 1.21 bits per heavy atom. The second-order valence-electron chi connectivity index (χ2n) is 9.88. The number of hydrogen-bond donors (Lipinski definition) is 1. The summed E-state index contributed by atoms with van der Waals surface area (Å²) in [5, 5.41) is 2.99. The van der Waals surface area contributed by atoms with E-state index in [9.17, 15) is 13.2 Å². The molecule has 0 radical (unpaired) electrons. The third-order valence-corrected chi connectivity index (χ3v) is 6.48. The number of carbonyl (C=O) groups is 1. The van der Waals surface area contributed by atoms with Gasteiger partial charge in [0.2, 0.25) is 15.0 Å². The number of aromatic nitrogens is 2. The first-order chi connectivity index (χ1) is 15.3. The Bertz CT molecular complexity index is 1020. The van der Waals surface area contributed by atoms with Gasteiger partial charge in [-0.25, -0.2) is 18.2 Å². The van der Waals surface area contributed by atoms with Gasteiger partial charge < -0.3 is 19.5 Å². The van der Waals surface area contributed by atoms with Crippen LogP contribution in [0.4, 0.5) is 4.79 Å². The third-order valence-electron chi connectivity index (χ3n) is 4.88. The summed E-state index contributed by atoms with van der Waals surface area (Å²) in [6.07, 6.45) is 1.55. The maximum absolute atomic E-state index is 13.3. The van der Waals surface area contributed by atoms with Gasteiger partial charge in [0.25, 0.3) is 0 Å². The number of sulfone groups is 1. The number of carbonyl (C=O) groups excluding carboxylic acids is 1. The molecule has 2 amide bonds. The molecule has 1 heterocycles. The fourth-order valence-corrected chi connectivity index (χ4v) is 4.93. The summed E-state index contributed by atoms with van der Waals surface area (Å²) in [5.74, 6) is 0.104. The fourth-order valence-electron chi connectivity index (χ4n) is 3.41. The summed E-state index contributed by atoms with van der Waals surface area (Å²) >= 11 is 0. The van der Waals surface area contributed by atoms with Gasteiger partial charge in [-0.2, -0.15) is 0 Å². The van der Waals surface area contributed by atoms with Crippen LogP contribution in [0, 0.1) is 12.8 Å². The van der Waals surface area contributed by atoms with Crippen LogP contribution in [0.25, 0.3) is 0 Å². The van der Waals surface area contributed by atoms with Crippen molar-refractivity contribution >= 4 is 15.9 Å². The summed E-state index contributed by atoms with van der Waals surface area (Å²) in [6.45, 7) is 13.2. The van der Waals surface area contributed by atoms with E-state index < -0.39 is 9.84 Å². The lowest BCUT2D eigenvalue weighted by molar-refractivity contribution is 0.172. The minimum atomic E-state index is -3.70. The molecule has 1 aromatic heterocycles. The molecule has 0 fully saturated rings. The van der Waals surface area contributed by atoms with Crippen molar-refractivity contribution in [2.75, 3.05) is 20.3 Å². The lowest BCUT2D eigenvalue weighted by Gasteiger charge is -2.30. The number of benzene rings is 1. The van der Waals surface area contributed by atoms with Crippen LogP contribution in [-0.4, -0.2) is 54.7 Å². The van der Waals surface area contributed by atoms with E-state index >= 15 is 0 Å². The zero-order chi connectivity index (χ0) is 24.8. The first-order valence-electron chi connectivity index (χ1n) is 11.2. The highest BCUT2D eigenvalue weighted by Crippen LogP contribution is 2.20. The zero-order valence-electron chi connectivity index (χ0n) is 20.9. The number of nitrogens with zero attached hydrogens (tertiary/aromatic N) is 3. The van der Waals surface area contributed by atoms with E-state index in [1.807, 2.05) is 65.8 Å². The van der Waals surface area contributed by atoms with E-state index in [-0.39, 0.29) is 34.9 Å². The lowest BCUT2D eigenvalue weighted by Crippen LogP contribution is -2.49. The Balaban J connectivity index is 2.38. The molecular weight excluding hydrogens is 440 g/mol. The van der Waals surface area contributed by atoms with Crippen molar-refractivity contribution in [2.45, 2.75) is 71.1 Å². The van der Waals surface area contributed by atoms with Gasteiger partial charge in [-0.05, 0) is 39.2 Å². The molecule has 0 saturated carbocycles. The summed E-state index contributed by atoms with van der Waals surface area (Å²) < 4.78 is 33.4. The fraction of sp³-hybridized carbons (Fsp3) is 0.583. The molecule has 0 atom stereocenters. The molecule has 184 valence electrons. The predicted molar refractivity (Wildman–Crippen MR) is 130 cm³/mol. The molecule has 8 nitrogen and oxygen atoms in total. The van der Waals surface area contributed by atoms with E-state index in [4.69, 9.17) is 4.74 Å². The van der Waals surface area contributed by atoms with Gasteiger partial charge in [0.1, 0.15) is 0 Å². The summed E-state index contributed by atoms with van der Waals surface area (Å²) in [6, 6.07) is 7.23. The van der Waals surface area contributed by atoms with Gasteiger partial charge in [0, 0.05) is 25.7 Å². The highest BCUT2D eigenvalue weighted by Gasteiger charge is 2.27. The highest BCUT2D eigenvalue weighted by molar-refractivity contribution is 7.90. The summed E-state index contributed by atoms with van der Waals surface area (Å²) in [7, 11) is -2.13. The first kappa shape index (κ1) is 26.9. The number of imidazole rings is 1. The average molecular weight is 479 g/mol. The topological polar surface area (TPSA) is 93.5 Å². The van der Waals surface area contributed by atoms with Crippen LogP contribution in [0.15, 0.2) is 35.6 Å². The molecule has 9 heteroatoms. The van der Waals surface area contributed by atoms with Crippen molar-refractivity contribution < 1.29 is 17.9 Å². The van der Waals surface area contributed by atoms with Crippen molar-refractivity contribution in [3.05, 3.63) is 47.3 Å². The van der Waals surface area contributed by atoms with Crippen LogP contribution in [0.3, 0.4) is 0 Å². The molecule has 2 rings (SSSR count). The molecule has 1 aromatic carbocycles. The average Bonchev–Trinajstić information content (AvgIpc) is 3.09. The largest absolute Gasteiger partial charge is 0.383 e. The molecule has 0 spiro atoms. The third kappa shape index (κ3) is 8.16. The van der Waals surface area contributed by atoms with E-state index in [0.717, 1.165) is 5.56 Å². The Labute approximate surface area is 198 Å². The van der Waals surface area contributed by atoms with Crippen molar-refractivity contribution in [1.82, 2.24) is 19.8 Å². The second-order valence-corrected chi connectivity index (χ2v) is 11.8. The molecule has 0 aliphatic heterocycles. The first-order valence-corrected chi connectivity index (χ1v) is 12.9. The van der Waals surface area contributed by atoms with Gasteiger partial charge in [0.05, 0.1) is 30.8 Å². The Hall–Kier alpha value is -2.39. The van der Waals surface area contributed by atoms with Crippen LogP contribution in [0.2, 0.25) is 0 Å². The van der Waals surface area contributed by atoms with Gasteiger partial charge in [0.15, 0.2) is 0 Å². The molecule has 0 unspecified atom stereocenters. The minimum absolute atomic E-state index is 0.00384. The minimum Gasteiger partial charge on any atom is -0.383 e. The molecule has 1 N–H and O–H groups in total. The molecule has 2 aromatic rings. The van der Waals surface area contributed by atoms with Crippen LogP contribution >= 0.6 is 0 Å². The van der Waals surface area contributed by atoms with Gasteiger partial charge >= 0.3 is 6.03 Å². The molecular formula is C24H38N4O4S. The SMILES string of the molecule is COCCn1c(CN(CC(C)C)C(=O)NC(C)(C)C)cnc1S(=O)(=O)Cc1ccc(C)cc1. The number of ether oxygens (including phenoxy) is 1. The van der Waals surface area contributed by atoms with Crippen LogP contribution < -0.4 is 5.32 Å². The van der Waals surface area contributed by atoms with E-state index in [1.165, 1.54) is 0 Å². The molecule has 0 aliphatic rings. The maximum atomic E-state index is 13.3. The van der Waals surface area contributed by atoms with E-state index in [0.29, 0.717) is 31.0 Å². The highest BCUT2D eigenvalue weighted by atomic mass is 32.2. The second kappa shape index (κ2) is 11.2. The van der Waals surface area contributed by atoms with Gasteiger partial charge in [-0.3, -0.25) is 0 Å². The Kier molecular flexibility index (Phi) is 9.08. The molecule has 0 bridgehead atoms. The quantitative estimate of drug-likeness (QED) is 0.561. The molecule has 33 heavy (non-hydrogen) atoms. The van der Waals surface area contributed by atoms with Gasteiger partial charge in [-0.1, -0.05) is 43.7 Å². The standard InChI is InChI=1S/C24H38N4O4S/c1-18(2)15-27(22(29)26-24(4,5)6)16-21-14-25-23(28(21)12-13-32-7)33(30,31)17-20-10-8-19(3)9-11-20/h8-11,14,18H,12-13,15-17H2,1-7H3,(H,26,29). The smallest absolute Gasteiger partial charge is 0.318 e. The summed E-state index contributed by atoms with van der Waals surface area (Å²) in [5.41, 5.74) is 2.04. The summed E-state index contributed by atoms with van der Waals surface area (Å²) in [4.78, 5) is 18.9. The van der Waals surface area contributed by atoms with Crippen LogP contribution in [-0.2, 0) is 33.4 Å². The number of hydrogen-bond acceptors (Lipinski definition) is 5. The predicted octanol–water partition coefficient (Wildman–Crippen LogP) is 3.78. The number of amides is 2.